The Hall–Kier alpha value is -1.88. The first kappa shape index (κ1) is 13.1. The molecular formula is C15H20N4O. The second-order valence-corrected chi connectivity index (χ2v) is 5.18. The molecule has 5 nitrogen and oxygen atoms in total. The van der Waals surface area contributed by atoms with Gasteiger partial charge in [0, 0.05) is 26.2 Å². The summed E-state index contributed by atoms with van der Waals surface area (Å²) in [7, 11) is 1.73. The smallest absolute Gasteiger partial charge is 0.119 e. The summed E-state index contributed by atoms with van der Waals surface area (Å²) in [6.45, 7) is 4.21. The fraction of sp³-hybridized carbons (Fsp3) is 0.467. The third-order valence-corrected chi connectivity index (χ3v) is 3.95. The van der Waals surface area contributed by atoms with Gasteiger partial charge in [0.25, 0.3) is 0 Å². The van der Waals surface area contributed by atoms with Crippen molar-refractivity contribution in [3.05, 3.63) is 42.0 Å². The molecule has 106 valence electrons. The maximum Gasteiger partial charge on any atom is 0.119 e. The van der Waals surface area contributed by atoms with Crippen molar-refractivity contribution in [1.82, 2.24) is 19.7 Å². The second kappa shape index (κ2) is 6.05. The van der Waals surface area contributed by atoms with Gasteiger partial charge in [-0.25, -0.2) is 0 Å². The molecule has 2 heterocycles. The van der Waals surface area contributed by atoms with Crippen LogP contribution in [0.5, 0.6) is 5.75 Å². The molecule has 20 heavy (non-hydrogen) atoms. The summed E-state index contributed by atoms with van der Waals surface area (Å²) in [5.74, 6) is 0.960. The molecule has 0 amide bonds. The van der Waals surface area contributed by atoms with Crippen molar-refractivity contribution in [3.63, 3.8) is 0 Å². The molecule has 0 atom stereocenters. The number of ether oxygens (including phenoxy) is 1. The fourth-order valence-corrected chi connectivity index (χ4v) is 2.69. The molecule has 5 heteroatoms. The van der Waals surface area contributed by atoms with Crippen LogP contribution in [0.15, 0.2) is 30.9 Å². The van der Waals surface area contributed by atoms with Gasteiger partial charge >= 0.3 is 0 Å². The highest BCUT2D eigenvalue weighted by molar-refractivity contribution is 5.36. The van der Waals surface area contributed by atoms with E-state index in [2.05, 4.69) is 33.3 Å². The van der Waals surface area contributed by atoms with Crippen molar-refractivity contribution in [3.8, 4) is 5.75 Å². The zero-order chi connectivity index (χ0) is 13.8. The molecule has 0 bridgehead atoms. The minimum Gasteiger partial charge on any atom is -0.497 e. The van der Waals surface area contributed by atoms with Crippen molar-refractivity contribution in [1.29, 1.82) is 0 Å². The summed E-state index contributed by atoms with van der Waals surface area (Å²) < 4.78 is 7.34. The topological polar surface area (TPSA) is 43.2 Å². The van der Waals surface area contributed by atoms with Crippen LogP contribution >= 0.6 is 0 Å². The number of methoxy groups -OCH3 is 1. The van der Waals surface area contributed by atoms with Crippen molar-refractivity contribution in [2.24, 2.45) is 0 Å². The molecule has 0 saturated heterocycles. The van der Waals surface area contributed by atoms with Gasteiger partial charge in [0.15, 0.2) is 0 Å². The maximum atomic E-state index is 5.31. The van der Waals surface area contributed by atoms with Gasteiger partial charge in [-0.2, -0.15) is 0 Å². The Kier molecular flexibility index (Phi) is 3.97. The van der Waals surface area contributed by atoms with E-state index < -0.39 is 0 Å². The number of fused-ring (bicyclic) bond motifs is 1. The lowest BCUT2D eigenvalue weighted by molar-refractivity contribution is 0.275. The molecule has 0 unspecified atom stereocenters. The Labute approximate surface area is 119 Å². The summed E-state index contributed by atoms with van der Waals surface area (Å²) in [6, 6.07) is 6.45. The lowest BCUT2D eigenvalue weighted by Gasteiger charge is -2.19. The predicted octanol–water partition coefficient (Wildman–Crippen LogP) is 1.39. The van der Waals surface area contributed by atoms with Crippen LogP contribution in [0.25, 0.3) is 0 Å². The van der Waals surface area contributed by atoms with Crippen molar-refractivity contribution in [2.75, 3.05) is 26.7 Å². The third kappa shape index (κ3) is 2.99. The van der Waals surface area contributed by atoms with Crippen molar-refractivity contribution in [2.45, 2.75) is 19.4 Å². The Bertz CT molecular complexity index is 553. The highest BCUT2D eigenvalue weighted by Crippen LogP contribution is 2.21. The number of hydrogen-bond acceptors (Lipinski definition) is 4. The van der Waals surface area contributed by atoms with Crippen LogP contribution < -0.4 is 4.74 Å². The molecular weight excluding hydrogens is 252 g/mol. The van der Waals surface area contributed by atoms with Gasteiger partial charge in [-0.3, -0.25) is 0 Å². The molecule has 0 saturated carbocycles. The lowest BCUT2D eigenvalue weighted by atomic mass is 10.0. The van der Waals surface area contributed by atoms with Gasteiger partial charge in [0.05, 0.1) is 7.11 Å². The number of aromatic nitrogens is 3. The van der Waals surface area contributed by atoms with Gasteiger partial charge in [-0.05, 0) is 36.1 Å². The van der Waals surface area contributed by atoms with E-state index in [-0.39, 0.29) is 0 Å². The van der Waals surface area contributed by atoms with Crippen LogP contribution in [0.1, 0.15) is 11.1 Å². The molecule has 0 fully saturated rings. The first-order valence-electron chi connectivity index (χ1n) is 7.06. The first-order chi connectivity index (χ1) is 9.85. The molecule has 0 N–H and O–H groups in total. The van der Waals surface area contributed by atoms with Crippen LogP contribution in [0.3, 0.4) is 0 Å². The fourth-order valence-electron chi connectivity index (χ4n) is 2.69. The van der Waals surface area contributed by atoms with E-state index in [1.165, 1.54) is 11.1 Å². The van der Waals surface area contributed by atoms with Gasteiger partial charge in [0.1, 0.15) is 18.4 Å². The molecule has 1 aliphatic rings. The molecule has 0 aliphatic carbocycles. The zero-order valence-electron chi connectivity index (χ0n) is 11.8. The summed E-state index contributed by atoms with van der Waals surface area (Å²) in [4.78, 5) is 2.51. The van der Waals surface area contributed by atoms with E-state index in [1.807, 2.05) is 4.57 Å². The Morgan fingerprint density at radius 1 is 1.05 bits per heavy atom. The van der Waals surface area contributed by atoms with Gasteiger partial charge in [-0.1, -0.05) is 6.07 Å². The number of nitrogens with zero attached hydrogens (tertiary/aromatic N) is 4. The van der Waals surface area contributed by atoms with Gasteiger partial charge in [0.2, 0.25) is 0 Å². The van der Waals surface area contributed by atoms with E-state index in [9.17, 15) is 0 Å². The molecule has 1 aliphatic heterocycles. The molecule has 2 aromatic rings. The number of rotatable bonds is 4. The highest BCUT2D eigenvalue weighted by atomic mass is 16.5. The Morgan fingerprint density at radius 2 is 1.80 bits per heavy atom. The lowest BCUT2D eigenvalue weighted by Crippen LogP contribution is -2.29. The van der Waals surface area contributed by atoms with E-state index in [4.69, 9.17) is 4.74 Å². The maximum absolute atomic E-state index is 5.31. The minimum atomic E-state index is 0.951. The summed E-state index contributed by atoms with van der Waals surface area (Å²) in [5.41, 5.74) is 2.88. The summed E-state index contributed by atoms with van der Waals surface area (Å²) in [5, 5.41) is 7.67. The SMILES string of the molecule is COc1ccc2c(c1)CCN(CCn1cnnc1)CC2. The molecule has 3 rings (SSSR count). The molecule has 1 aromatic carbocycles. The van der Waals surface area contributed by atoms with Crippen molar-refractivity contribution < 1.29 is 4.74 Å². The normalized spacial score (nSPS) is 15.7. The predicted molar refractivity (Wildman–Crippen MR) is 76.9 cm³/mol. The molecule has 0 radical (unpaired) electrons. The van der Waals surface area contributed by atoms with E-state index >= 15 is 0 Å². The summed E-state index contributed by atoms with van der Waals surface area (Å²) in [6.07, 6.45) is 5.76. The van der Waals surface area contributed by atoms with Crippen LogP contribution in [0.2, 0.25) is 0 Å². The first-order valence-corrected chi connectivity index (χ1v) is 7.06. The largest absolute Gasteiger partial charge is 0.497 e. The molecule has 1 aromatic heterocycles. The van der Waals surface area contributed by atoms with E-state index in [0.717, 1.165) is 44.8 Å². The van der Waals surface area contributed by atoms with Gasteiger partial charge < -0.3 is 14.2 Å². The van der Waals surface area contributed by atoms with Crippen LogP contribution in [-0.4, -0.2) is 46.4 Å². The average Bonchev–Trinajstić information content (AvgIpc) is 2.92. The van der Waals surface area contributed by atoms with Crippen LogP contribution in [0.4, 0.5) is 0 Å². The van der Waals surface area contributed by atoms with E-state index in [0.29, 0.717) is 0 Å². The van der Waals surface area contributed by atoms with Crippen LogP contribution in [-0.2, 0) is 19.4 Å². The standard InChI is InChI=1S/C15H20N4O/c1-20-15-3-2-13-4-6-18(7-5-14(13)10-15)8-9-19-11-16-17-12-19/h2-3,10-12H,4-9H2,1H3. The Balaban J connectivity index is 1.60. The minimum absolute atomic E-state index is 0.951. The quantitative estimate of drug-likeness (QED) is 0.843. The van der Waals surface area contributed by atoms with Crippen LogP contribution in [0, 0.1) is 0 Å². The summed E-state index contributed by atoms with van der Waals surface area (Å²) >= 11 is 0. The van der Waals surface area contributed by atoms with E-state index in [1.54, 1.807) is 19.8 Å². The number of hydrogen-bond donors (Lipinski definition) is 0. The monoisotopic (exact) mass is 272 g/mol. The highest BCUT2D eigenvalue weighted by Gasteiger charge is 2.14. The van der Waals surface area contributed by atoms with Gasteiger partial charge in [-0.15, -0.1) is 10.2 Å². The average molecular weight is 272 g/mol. The van der Waals surface area contributed by atoms with Crippen molar-refractivity contribution >= 4 is 0 Å². The zero-order valence-corrected chi connectivity index (χ0v) is 11.8. The number of benzene rings is 1. The Morgan fingerprint density at radius 3 is 2.55 bits per heavy atom. The second-order valence-electron chi connectivity index (χ2n) is 5.18. The molecule has 0 spiro atoms. The third-order valence-electron chi connectivity index (χ3n) is 3.95.